The fourth-order valence-corrected chi connectivity index (χ4v) is 2.07. The number of aryl methyl sites for hydroxylation is 1. The topological polar surface area (TPSA) is 34.1 Å². The second-order valence-corrected chi connectivity index (χ2v) is 5.07. The highest BCUT2D eigenvalue weighted by Crippen LogP contribution is 2.32. The Bertz CT molecular complexity index is 617. The van der Waals surface area contributed by atoms with E-state index in [0.29, 0.717) is 15.9 Å². The molecule has 0 aliphatic heterocycles. The zero-order valence-corrected chi connectivity index (χ0v) is 12.6. The normalized spacial score (nSPS) is 10.4. The van der Waals surface area contributed by atoms with Crippen LogP contribution in [0.2, 0.25) is 15.2 Å². The maximum atomic E-state index is 6.08. The minimum atomic E-state index is 0.203. The van der Waals surface area contributed by atoms with Gasteiger partial charge in [-0.3, -0.25) is 0 Å². The lowest BCUT2D eigenvalue weighted by atomic mass is 10.2. The number of nitrogens with one attached hydrogen (secondary N) is 1. The highest BCUT2D eigenvalue weighted by molar-refractivity contribution is 6.43. The SMILES string of the molecule is COc1ccc(C)c(Nc2nc(Cl)c(Cl)cc2Cl)c1. The fourth-order valence-electron chi connectivity index (χ4n) is 1.52. The molecule has 0 unspecified atom stereocenters. The Morgan fingerprint density at radius 1 is 1.11 bits per heavy atom. The van der Waals surface area contributed by atoms with Gasteiger partial charge in [0.15, 0.2) is 5.82 Å². The Kier molecular flexibility index (Phi) is 4.40. The van der Waals surface area contributed by atoms with Crippen LogP contribution >= 0.6 is 34.8 Å². The second-order valence-electron chi connectivity index (χ2n) is 3.90. The molecule has 2 aromatic rings. The highest BCUT2D eigenvalue weighted by Gasteiger charge is 2.09. The van der Waals surface area contributed by atoms with Crippen molar-refractivity contribution in [1.82, 2.24) is 4.98 Å². The van der Waals surface area contributed by atoms with Crippen LogP contribution < -0.4 is 10.1 Å². The van der Waals surface area contributed by atoms with E-state index < -0.39 is 0 Å². The summed E-state index contributed by atoms with van der Waals surface area (Å²) >= 11 is 17.8. The minimum Gasteiger partial charge on any atom is -0.497 e. The first-order valence-corrected chi connectivity index (χ1v) is 6.58. The van der Waals surface area contributed by atoms with Crippen molar-refractivity contribution in [2.75, 3.05) is 12.4 Å². The van der Waals surface area contributed by atoms with Crippen molar-refractivity contribution in [3.63, 3.8) is 0 Å². The summed E-state index contributed by atoms with van der Waals surface area (Å²) in [5.41, 5.74) is 1.87. The Labute approximate surface area is 126 Å². The van der Waals surface area contributed by atoms with Gasteiger partial charge in [0.1, 0.15) is 10.9 Å². The maximum Gasteiger partial charge on any atom is 0.151 e. The van der Waals surface area contributed by atoms with Gasteiger partial charge in [-0.2, -0.15) is 0 Å². The van der Waals surface area contributed by atoms with Crippen LogP contribution in [0.15, 0.2) is 24.3 Å². The smallest absolute Gasteiger partial charge is 0.151 e. The molecule has 100 valence electrons. The van der Waals surface area contributed by atoms with Gasteiger partial charge in [-0.05, 0) is 24.6 Å². The van der Waals surface area contributed by atoms with Crippen LogP contribution in [0.25, 0.3) is 0 Å². The average Bonchev–Trinajstić information content (AvgIpc) is 2.38. The van der Waals surface area contributed by atoms with Crippen LogP contribution in [-0.4, -0.2) is 12.1 Å². The van der Waals surface area contributed by atoms with E-state index in [1.165, 1.54) is 0 Å². The predicted molar refractivity (Wildman–Crippen MR) is 80.3 cm³/mol. The molecule has 1 heterocycles. The van der Waals surface area contributed by atoms with Gasteiger partial charge in [0.05, 0.1) is 17.2 Å². The molecule has 1 aromatic heterocycles. The quantitative estimate of drug-likeness (QED) is 0.799. The van der Waals surface area contributed by atoms with Crippen molar-refractivity contribution in [3.8, 4) is 5.75 Å². The minimum absolute atomic E-state index is 0.203. The number of hydrogen-bond donors (Lipinski definition) is 1. The van der Waals surface area contributed by atoms with Crippen molar-refractivity contribution >= 4 is 46.3 Å². The van der Waals surface area contributed by atoms with Crippen LogP contribution in [-0.2, 0) is 0 Å². The molecule has 0 bridgehead atoms. The summed E-state index contributed by atoms with van der Waals surface area (Å²) in [4.78, 5) is 4.11. The zero-order valence-electron chi connectivity index (χ0n) is 10.3. The largest absolute Gasteiger partial charge is 0.497 e. The molecule has 0 fully saturated rings. The lowest BCUT2D eigenvalue weighted by Crippen LogP contribution is -1.98. The third kappa shape index (κ3) is 3.24. The number of aromatic nitrogens is 1. The molecule has 1 N–H and O–H groups in total. The van der Waals surface area contributed by atoms with Gasteiger partial charge in [-0.25, -0.2) is 4.98 Å². The molecule has 3 nitrogen and oxygen atoms in total. The lowest BCUT2D eigenvalue weighted by molar-refractivity contribution is 0.415. The summed E-state index contributed by atoms with van der Waals surface area (Å²) in [7, 11) is 1.61. The first kappa shape index (κ1) is 14.3. The molecule has 1 aromatic carbocycles. The number of nitrogens with zero attached hydrogens (tertiary/aromatic N) is 1. The number of halogens is 3. The van der Waals surface area contributed by atoms with Crippen molar-refractivity contribution in [3.05, 3.63) is 45.0 Å². The van der Waals surface area contributed by atoms with Crippen LogP contribution in [0.3, 0.4) is 0 Å². The standard InChI is InChI=1S/C13H11Cl3N2O/c1-7-3-4-8(19-2)5-11(7)17-13-10(15)6-9(14)12(16)18-13/h3-6H,1-2H3,(H,17,18). The number of benzene rings is 1. The molecule has 0 saturated carbocycles. The Morgan fingerprint density at radius 2 is 1.84 bits per heavy atom. The monoisotopic (exact) mass is 316 g/mol. The number of rotatable bonds is 3. The molecule has 0 amide bonds. The summed E-state index contributed by atoms with van der Waals surface area (Å²) in [5.74, 6) is 1.19. The van der Waals surface area contributed by atoms with Gasteiger partial charge >= 0.3 is 0 Å². The van der Waals surface area contributed by atoms with E-state index in [2.05, 4.69) is 10.3 Å². The third-order valence-electron chi connectivity index (χ3n) is 2.58. The van der Waals surface area contributed by atoms with Gasteiger partial charge < -0.3 is 10.1 Å². The van der Waals surface area contributed by atoms with E-state index in [4.69, 9.17) is 39.5 Å². The van der Waals surface area contributed by atoms with Gasteiger partial charge in [-0.1, -0.05) is 40.9 Å². The van der Waals surface area contributed by atoms with Crippen LogP contribution in [0.5, 0.6) is 5.75 Å². The first-order chi connectivity index (χ1) is 9.01. The van der Waals surface area contributed by atoms with Crippen LogP contribution in [0.1, 0.15) is 5.56 Å². The molecule has 0 aliphatic rings. The number of pyridine rings is 1. The molecule has 0 aliphatic carbocycles. The predicted octanol–water partition coefficient (Wildman–Crippen LogP) is 5.10. The number of ether oxygens (including phenoxy) is 1. The van der Waals surface area contributed by atoms with Crippen molar-refractivity contribution in [2.24, 2.45) is 0 Å². The van der Waals surface area contributed by atoms with Crippen LogP contribution in [0.4, 0.5) is 11.5 Å². The van der Waals surface area contributed by atoms with Gasteiger partial charge in [0, 0.05) is 11.8 Å². The van der Waals surface area contributed by atoms with Gasteiger partial charge in [0.2, 0.25) is 0 Å². The van der Waals surface area contributed by atoms with E-state index in [1.54, 1.807) is 13.2 Å². The van der Waals surface area contributed by atoms with Crippen molar-refractivity contribution in [1.29, 1.82) is 0 Å². The number of anilines is 2. The molecular weight excluding hydrogens is 307 g/mol. The molecule has 6 heteroatoms. The van der Waals surface area contributed by atoms with E-state index in [0.717, 1.165) is 17.0 Å². The first-order valence-electron chi connectivity index (χ1n) is 5.44. The number of hydrogen-bond acceptors (Lipinski definition) is 3. The second kappa shape index (κ2) is 5.87. The fraction of sp³-hybridized carbons (Fsp3) is 0.154. The molecule has 0 saturated heterocycles. The molecule has 0 spiro atoms. The summed E-state index contributed by atoms with van der Waals surface area (Å²) in [6.07, 6.45) is 0. The highest BCUT2D eigenvalue weighted by atomic mass is 35.5. The van der Waals surface area contributed by atoms with Crippen molar-refractivity contribution in [2.45, 2.75) is 6.92 Å². The van der Waals surface area contributed by atoms with E-state index in [9.17, 15) is 0 Å². The summed E-state index contributed by atoms with van der Waals surface area (Å²) in [6.45, 7) is 1.97. The lowest BCUT2D eigenvalue weighted by Gasteiger charge is -2.12. The van der Waals surface area contributed by atoms with Crippen molar-refractivity contribution < 1.29 is 4.74 Å². The molecule has 19 heavy (non-hydrogen) atoms. The van der Waals surface area contributed by atoms with Crippen LogP contribution in [0, 0.1) is 6.92 Å². The van der Waals surface area contributed by atoms with Gasteiger partial charge in [-0.15, -0.1) is 0 Å². The zero-order chi connectivity index (χ0) is 14.0. The van der Waals surface area contributed by atoms with E-state index in [-0.39, 0.29) is 5.15 Å². The summed E-state index contributed by atoms with van der Waals surface area (Å²) in [6, 6.07) is 7.23. The molecule has 0 radical (unpaired) electrons. The molecular formula is C13H11Cl3N2O. The third-order valence-corrected chi connectivity index (χ3v) is 3.55. The molecule has 2 rings (SSSR count). The average molecular weight is 318 g/mol. The summed E-state index contributed by atoms with van der Waals surface area (Å²) < 4.78 is 5.18. The maximum absolute atomic E-state index is 6.08. The number of methoxy groups -OCH3 is 1. The van der Waals surface area contributed by atoms with E-state index >= 15 is 0 Å². The summed E-state index contributed by atoms with van der Waals surface area (Å²) in [5, 5.41) is 4.04. The van der Waals surface area contributed by atoms with Gasteiger partial charge in [0.25, 0.3) is 0 Å². The Hall–Kier alpha value is -1.16. The molecule has 0 atom stereocenters. The Balaban J connectivity index is 2.38. The Morgan fingerprint density at radius 3 is 2.53 bits per heavy atom. The van der Waals surface area contributed by atoms with E-state index in [1.807, 2.05) is 25.1 Å².